The van der Waals surface area contributed by atoms with E-state index in [0.717, 1.165) is 5.56 Å². The topological polar surface area (TPSA) is 68.3 Å². The van der Waals surface area contributed by atoms with Crippen LogP contribution in [-0.2, 0) is 6.61 Å². The van der Waals surface area contributed by atoms with Gasteiger partial charge in [0.25, 0.3) is 11.8 Å². The molecule has 0 N–H and O–H groups in total. The molecule has 0 aromatic heterocycles. The number of methoxy groups -OCH3 is 2. The zero-order valence-electron chi connectivity index (χ0n) is 20.3. The van der Waals surface area contributed by atoms with Crippen molar-refractivity contribution in [2.45, 2.75) is 13.5 Å². The predicted octanol–water partition coefficient (Wildman–Crippen LogP) is 4.19. The zero-order chi connectivity index (χ0) is 24.8. The Hall–Kier alpha value is -4.00. The lowest BCUT2D eigenvalue weighted by molar-refractivity contribution is 0.0533. The SMILES string of the molecule is COc1ccc(C(=O)N2CCN(C(=O)c3cccc(OCc4cccc(C)c4)c3)CC2)c(OC)c1. The number of hydrogen-bond donors (Lipinski definition) is 0. The quantitative estimate of drug-likeness (QED) is 0.514. The Balaban J connectivity index is 1.36. The van der Waals surface area contributed by atoms with Gasteiger partial charge in [-0.25, -0.2) is 0 Å². The molecule has 3 aromatic carbocycles. The Kier molecular flexibility index (Phi) is 7.55. The summed E-state index contributed by atoms with van der Waals surface area (Å²) in [6.07, 6.45) is 0. The Morgan fingerprint density at radius 3 is 2.17 bits per heavy atom. The normalized spacial score (nSPS) is 13.3. The summed E-state index contributed by atoms with van der Waals surface area (Å²) in [5, 5.41) is 0. The fourth-order valence-corrected chi connectivity index (χ4v) is 4.13. The van der Waals surface area contributed by atoms with Crippen LogP contribution < -0.4 is 14.2 Å². The van der Waals surface area contributed by atoms with Gasteiger partial charge in [-0.05, 0) is 42.8 Å². The number of carbonyl (C=O) groups is 2. The van der Waals surface area contributed by atoms with Crippen molar-refractivity contribution in [2.24, 2.45) is 0 Å². The maximum Gasteiger partial charge on any atom is 0.257 e. The van der Waals surface area contributed by atoms with E-state index in [4.69, 9.17) is 14.2 Å². The molecular weight excluding hydrogens is 444 g/mol. The second-order valence-electron chi connectivity index (χ2n) is 8.46. The van der Waals surface area contributed by atoms with Gasteiger partial charge in [0.2, 0.25) is 0 Å². The van der Waals surface area contributed by atoms with Crippen molar-refractivity contribution in [3.05, 3.63) is 89.0 Å². The van der Waals surface area contributed by atoms with Gasteiger partial charge in [0.15, 0.2) is 0 Å². The molecule has 182 valence electrons. The molecule has 4 rings (SSSR count). The molecule has 0 bridgehead atoms. The monoisotopic (exact) mass is 474 g/mol. The van der Waals surface area contributed by atoms with Crippen molar-refractivity contribution in [1.82, 2.24) is 9.80 Å². The number of benzene rings is 3. The highest BCUT2D eigenvalue weighted by molar-refractivity contribution is 5.98. The van der Waals surface area contributed by atoms with Crippen molar-refractivity contribution in [3.8, 4) is 17.2 Å². The summed E-state index contributed by atoms with van der Waals surface area (Å²) < 4.78 is 16.5. The standard InChI is InChI=1S/C28H30N2O5/c1-20-6-4-7-21(16-20)19-35-24-9-5-8-22(17-24)27(31)29-12-14-30(15-13-29)28(32)25-11-10-23(33-2)18-26(25)34-3/h4-11,16-18H,12-15,19H2,1-3H3. The van der Waals surface area contributed by atoms with E-state index in [9.17, 15) is 9.59 Å². The van der Waals surface area contributed by atoms with E-state index in [2.05, 4.69) is 6.07 Å². The zero-order valence-corrected chi connectivity index (χ0v) is 20.3. The number of nitrogens with zero attached hydrogens (tertiary/aromatic N) is 2. The van der Waals surface area contributed by atoms with Gasteiger partial charge in [0.1, 0.15) is 23.9 Å². The molecule has 35 heavy (non-hydrogen) atoms. The first-order valence-corrected chi connectivity index (χ1v) is 11.6. The first-order chi connectivity index (χ1) is 17.0. The van der Waals surface area contributed by atoms with Gasteiger partial charge in [-0.1, -0.05) is 35.9 Å². The van der Waals surface area contributed by atoms with Gasteiger partial charge in [-0.15, -0.1) is 0 Å². The number of amides is 2. The predicted molar refractivity (Wildman–Crippen MR) is 133 cm³/mol. The van der Waals surface area contributed by atoms with Crippen LogP contribution in [-0.4, -0.2) is 62.0 Å². The molecule has 0 aliphatic carbocycles. The van der Waals surface area contributed by atoms with Gasteiger partial charge >= 0.3 is 0 Å². The third-order valence-electron chi connectivity index (χ3n) is 6.06. The van der Waals surface area contributed by atoms with Crippen LogP contribution in [0.4, 0.5) is 0 Å². The van der Waals surface area contributed by atoms with E-state index >= 15 is 0 Å². The summed E-state index contributed by atoms with van der Waals surface area (Å²) in [5.74, 6) is 1.55. The van der Waals surface area contributed by atoms with Crippen LogP contribution in [0.2, 0.25) is 0 Å². The molecule has 1 aliphatic rings. The van der Waals surface area contributed by atoms with E-state index < -0.39 is 0 Å². The molecule has 0 saturated carbocycles. The van der Waals surface area contributed by atoms with Crippen LogP contribution in [0.3, 0.4) is 0 Å². The second-order valence-corrected chi connectivity index (χ2v) is 8.46. The molecule has 1 heterocycles. The van der Waals surface area contributed by atoms with E-state index in [-0.39, 0.29) is 11.8 Å². The van der Waals surface area contributed by atoms with Crippen LogP contribution >= 0.6 is 0 Å². The second kappa shape index (κ2) is 11.0. The maximum absolute atomic E-state index is 13.1. The van der Waals surface area contributed by atoms with Crippen LogP contribution in [0, 0.1) is 6.92 Å². The Bertz CT molecular complexity index is 1200. The molecule has 1 saturated heterocycles. The molecule has 1 fully saturated rings. The van der Waals surface area contributed by atoms with Crippen molar-refractivity contribution in [2.75, 3.05) is 40.4 Å². The lowest BCUT2D eigenvalue weighted by atomic mass is 10.1. The van der Waals surface area contributed by atoms with E-state index in [1.165, 1.54) is 12.7 Å². The summed E-state index contributed by atoms with van der Waals surface area (Å²) in [5.41, 5.74) is 3.31. The minimum atomic E-state index is -0.122. The first kappa shape index (κ1) is 24.1. The average molecular weight is 475 g/mol. The van der Waals surface area contributed by atoms with Crippen LogP contribution in [0.15, 0.2) is 66.7 Å². The molecule has 7 nitrogen and oxygen atoms in total. The maximum atomic E-state index is 13.1. The highest BCUT2D eigenvalue weighted by Gasteiger charge is 2.27. The molecular formula is C28H30N2O5. The van der Waals surface area contributed by atoms with Crippen molar-refractivity contribution in [1.29, 1.82) is 0 Å². The molecule has 0 atom stereocenters. The molecule has 2 amide bonds. The van der Waals surface area contributed by atoms with Crippen molar-refractivity contribution in [3.63, 3.8) is 0 Å². The molecule has 3 aromatic rings. The minimum Gasteiger partial charge on any atom is -0.497 e. The van der Waals surface area contributed by atoms with Crippen molar-refractivity contribution < 1.29 is 23.8 Å². The molecule has 0 spiro atoms. The number of piperazine rings is 1. The van der Waals surface area contributed by atoms with Gasteiger partial charge in [0, 0.05) is 37.8 Å². The molecule has 7 heteroatoms. The largest absolute Gasteiger partial charge is 0.497 e. The van der Waals surface area contributed by atoms with E-state index in [1.807, 2.05) is 37.3 Å². The Morgan fingerprint density at radius 2 is 1.49 bits per heavy atom. The number of ether oxygens (including phenoxy) is 3. The Morgan fingerprint density at radius 1 is 0.771 bits per heavy atom. The molecule has 1 aliphatic heterocycles. The minimum absolute atomic E-state index is 0.0693. The highest BCUT2D eigenvalue weighted by atomic mass is 16.5. The van der Waals surface area contributed by atoms with Gasteiger partial charge < -0.3 is 24.0 Å². The van der Waals surface area contributed by atoms with Crippen LogP contribution in [0.5, 0.6) is 17.2 Å². The summed E-state index contributed by atoms with van der Waals surface area (Å²) in [4.78, 5) is 29.7. The molecule has 0 radical (unpaired) electrons. The first-order valence-electron chi connectivity index (χ1n) is 11.6. The highest BCUT2D eigenvalue weighted by Crippen LogP contribution is 2.26. The Labute approximate surface area is 205 Å². The number of aryl methyl sites for hydroxylation is 1. The van der Waals surface area contributed by atoms with Gasteiger partial charge in [-0.2, -0.15) is 0 Å². The van der Waals surface area contributed by atoms with Crippen LogP contribution in [0.25, 0.3) is 0 Å². The smallest absolute Gasteiger partial charge is 0.257 e. The number of rotatable bonds is 7. The third kappa shape index (κ3) is 5.74. The van der Waals surface area contributed by atoms with Crippen LogP contribution in [0.1, 0.15) is 31.8 Å². The third-order valence-corrected chi connectivity index (χ3v) is 6.06. The lowest BCUT2D eigenvalue weighted by Gasteiger charge is -2.35. The van der Waals surface area contributed by atoms with Crippen molar-refractivity contribution >= 4 is 11.8 Å². The fraction of sp³-hybridized carbons (Fsp3) is 0.286. The number of carbonyl (C=O) groups excluding carboxylic acids is 2. The summed E-state index contributed by atoms with van der Waals surface area (Å²) in [7, 11) is 3.10. The summed E-state index contributed by atoms with van der Waals surface area (Å²) >= 11 is 0. The van der Waals surface area contributed by atoms with E-state index in [1.54, 1.807) is 47.2 Å². The van der Waals surface area contributed by atoms with Gasteiger partial charge in [-0.3, -0.25) is 9.59 Å². The lowest BCUT2D eigenvalue weighted by Crippen LogP contribution is -2.50. The summed E-state index contributed by atoms with van der Waals surface area (Å²) in [6, 6.07) is 20.5. The van der Waals surface area contributed by atoms with E-state index in [0.29, 0.717) is 61.2 Å². The number of hydrogen-bond acceptors (Lipinski definition) is 5. The van der Waals surface area contributed by atoms with Gasteiger partial charge in [0.05, 0.1) is 19.8 Å². The fourth-order valence-electron chi connectivity index (χ4n) is 4.13. The summed E-state index contributed by atoms with van der Waals surface area (Å²) in [6.45, 7) is 4.29. The molecule has 0 unspecified atom stereocenters. The average Bonchev–Trinajstić information content (AvgIpc) is 2.91.